The molecule has 0 bridgehead atoms. The second-order valence-corrected chi connectivity index (χ2v) is 6.47. The lowest BCUT2D eigenvalue weighted by Gasteiger charge is -2.12. The second-order valence-electron chi connectivity index (χ2n) is 6.13. The molecule has 1 heterocycles. The van der Waals surface area contributed by atoms with E-state index >= 15 is 0 Å². The number of aromatic nitrogens is 1. The van der Waals surface area contributed by atoms with Crippen molar-refractivity contribution in [2.75, 3.05) is 0 Å². The largest absolute Gasteiger partial charge is 0.276 e. The van der Waals surface area contributed by atoms with E-state index in [2.05, 4.69) is 24.3 Å². The van der Waals surface area contributed by atoms with Crippen LogP contribution in [-0.2, 0) is 0 Å². The second kappa shape index (κ2) is 5.78. The number of carbonyl (C=O) groups excluding carboxylic acids is 1. The molecule has 0 radical (unpaired) electrons. The van der Waals surface area contributed by atoms with Crippen LogP contribution in [0.5, 0.6) is 0 Å². The first-order valence-electron chi connectivity index (χ1n) is 7.56. The molecule has 1 aromatic heterocycles. The number of rotatable bonds is 2. The van der Waals surface area contributed by atoms with Crippen LogP contribution in [0.3, 0.4) is 0 Å². The van der Waals surface area contributed by atoms with E-state index in [-0.39, 0.29) is 0 Å². The number of halogens is 1. The molecule has 2 aromatic carbocycles. The first-order chi connectivity index (χ1) is 10.9. The third-order valence-electron chi connectivity index (χ3n) is 4.13. The van der Waals surface area contributed by atoms with E-state index in [1.165, 1.54) is 0 Å². The highest BCUT2D eigenvalue weighted by atomic mass is 35.5. The summed E-state index contributed by atoms with van der Waals surface area (Å²) < 4.78 is 0. The Labute approximate surface area is 141 Å². The Morgan fingerprint density at radius 1 is 0.913 bits per heavy atom. The first kappa shape index (κ1) is 15.7. The molecular formula is C20H18ClNO. The van der Waals surface area contributed by atoms with Crippen LogP contribution >= 0.6 is 11.6 Å². The van der Waals surface area contributed by atoms with Gasteiger partial charge in [-0.2, -0.15) is 0 Å². The average molecular weight is 324 g/mol. The molecule has 0 saturated carbocycles. The van der Waals surface area contributed by atoms with E-state index in [0.29, 0.717) is 5.56 Å². The van der Waals surface area contributed by atoms with Gasteiger partial charge in [0.2, 0.25) is 0 Å². The molecule has 0 aliphatic carbocycles. The quantitative estimate of drug-likeness (QED) is 0.582. The van der Waals surface area contributed by atoms with Crippen LogP contribution in [0.15, 0.2) is 36.4 Å². The van der Waals surface area contributed by atoms with E-state index in [1.807, 2.05) is 33.8 Å². The maximum atomic E-state index is 12.0. The number of aryl methyl sites for hydroxylation is 4. The third-order valence-corrected chi connectivity index (χ3v) is 4.33. The van der Waals surface area contributed by atoms with Crippen molar-refractivity contribution < 1.29 is 4.79 Å². The molecule has 0 saturated heterocycles. The van der Waals surface area contributed by atoms with Gasteiger partial charge in [0, 0.05) is 16.5 Å². The Morgan fingerprint density at radius 3 is 2.35 bits per heavy atom. The van der Waals surface area contributed by atoms with Crippen molar-refractivity contribution in [1.82, 2.24) is 4.98 Å². The predicted molar refractivity (Wildman–Crippen MR) is 96.3 cm³/mol. The molecule has 0 spiro atoms. The Kier molecular flexibility index (Phi) is 3.95. The van der Waals surface area contributed by atoms with Crippen molar-refractivity contribution in [2.24, 2.45) is 0 Å². The topological polar surface area (TPSA) is 30.0 Å². The van der Waals surface area contributed by atoms with Gasteiger partial charge < -0.3 is 0 Å². The van der Waals surface area contributed by atoms with Crippen molar-refractivity contribution in [3.8, 4) is 11.3 Å². The summed E-state index contributed by atoms with van der Waals surface area (Å²) in [6, 6.07) is 12.1. The number of nitrogens with zero attached hydrogens (tertiary/aromatic N) is 1. The van der Waals surface area contributed by atoms with Crippen molar-refractivity contribution in [3.63, 3.8) is 0 Å². The maximum Gasteiger partial charge on any atom is 0.253 e. The van der Waals surface area contributed by atoms with Gasteiger partial charge in [-0.15, -0.1) is 0 Å². The molecule has 2 nitrogen and oxygen atoms in total. The molecular weight excluding hydrogens is 306 g/mol. The summed E-state index contributed by atoms with van der Waals surface area (Å²) >= 11 is 5.85. The highest BCUT2D eigenvalue weighted by molar-refractivity contribution is 6.68. The van der Waals surface area contributed by atoms with Crippen molar-refractivity contribution in [3.05, 3.63) is 64.2 Å². The minimum atomic E-state index is -0.450. The van der Waals surface area contributed by atoms with Gasteiger partial charge in [-0.25, -0.2) is 4.98 Å². The van der Waals surface area contributed by atoms with Crippen molar-refractivity contribution in [1.29, 1.82) is 0 Å². The fourth-order valence-corrected chi connectivity index (χ4v) is 3.15. The number of pyridine rings is 1. The molecule has 3 rings (SSSR count). The zero-order valence-electron chi connectivity index (χ0n) is 13.7. The summed E-state index contributed by atoms with van der Waals surface area (Å²) in [5, 5.41) is 0.366. The van der Waals surface area contributed by atoms with Gasteiger partial charge in [-0.05, 0) is 68.6 Å². The molecule has 3 heteroatoms. The van der Waals surface area contributed by atoms with Crippen LogP contribution in [0.2, 0.25) is 0 Å². The summed E-state index contributed by atoms with van der Waals surface area (Å²) in [5.41, 5.74) is 7.59. The van der Waals surface area contributed by atoms with E-state index in [0.717, 1.165) is 44.4 Å². The maximum absolute atomic E-state index is 12.0. The normalized spacial score (nSPS) is 11.0. The monoisotopic (exact) mass is 323 g/mol. The Bertz CT molecular complexity index is 944. The zero-order chi connectivity index (χ0) is 16.7. The Balaban J connectivity index is 2.40. The molecule has 0 unspecified atom stereocenters. The van der Waals surface area contributed by atoms with Gasteiger partial charge in [-0.1, -0.05) is 29.3 Å². The summed E-state index contributed by atoms with van der Waals surface area (Å²) in [6.07, 6.45) is 0. The van der Waals surface area contributed by atoms with Crippen LogP contribution < -0.4 is 0 Å². The van der Waals surface area contributed by atoms with E-state index in [4.69, 9.17) is 16.6 Å². The molecule has 23 heavy (non-hydrogen) atoms. The Hall–Kier alpha value is -2.19. The zero-order valence-corrected chi connectivity index (χ0v) is 14.5. The lowest BCUT2D eigenvalue weighted by Crippen LogP contribution is -1.99. The smallest absolute Gasteiger partial charge is 0.253 e. The number of hydrogen-bond acceptors (Lipinski definition) is 2. The van der Waals surface area contributed by atoms with Gasteiger partial charge in [0.05, 0.1) is 11.2 Å². The molecule has 0 amide bonds. The highest BCUT2D eigenvalue weighted by Gasteiger charge is 2.15. The summed E-state index contributed by atoms with van der Waals surface area (Å²) in [7, 11) is 0. The summed E-state index contributed by atoms with van der Waals surface area (Å²) in [4.78, 5) is 16.8. The number of carbonyl (C=O) groups is 1. The lowest BCUT2D eigenvalue weighted by atomic mass is 9.97. The molecule has 0 aliphatic heterocycles. The number of benzene rings is 2. The molecule has 116 valence electrons. The van der Waals surface area contributed by atoms with Crippen LogP contribution in [0.25, 0.3) is 22.2 Å². The molecule has 0 N–H and O–H groups in total. The van der Waals surface area contributed by atoms with Crippen LogP contribution in [0, 0.1) is 27.7 Å². The Morgan fingerprint density at radius 2 is 1.65 bits per heavy atom. The SMILES string of the molecule is Cc1ccc(C)c(-c2cc(C(=O)Cl)c3cc(C)cc(C)c3n2)c1. The highest BCUT2D eigenvalue weighted by Crippen LogP contribution is 2.30. The van der Waals surface area contributed by atoms with Crippen molar-refractivity contribution in [2.45, 2.75) is 27.7 Å². The first-order valence-corrected chi connectivity index (χ1v) is 7.94. The lowest BCUT2D eigenvalue weighted by molar-refractivity contribution is 0.108. The average Bonchev–Trinajstić information content (AvgIpc) is 2.48. The molecule has 0 aliphatic rings. The molecule has 0 atom stereocenters. The van der Waals surface area contributed by atoms with Gasteiger partial charge >= 0.3 is 0 Å². The van der Waals surface area contributed by atoms with Gasteiger partial charge in [0.1, 0.15) is 0 Å². The summed E-state index contributed by atoms with van der Waals surface area (Å²) in [5.74, 6) is 0. The summed E-state index contributed by atoms with van der Waals surface area (Å²) in [6.45, 7) is 8.11. The van der Waals surface area contributed by atoms with Gasteiger partial charge in [-0.3, -0.25) is 4.79 Å². The fraction of sp³-hybridized carbons (Fsp3) is 0.200. The number of fused-ring (bicyclic) bond motifs is 1. The van der Waals surface area contributed by atoms with E-state index in [9.17, 15) is 4.79 Å². The number of hydrogen-bond donors (Lipinski definition) is 0. The van der Waals surface area contributed by atoms with Gasteiger partial charge in [0.15, 0.2) is 0 Å². The van der Waals surface area contributed by atoms with Crippen LogP contribution in [0.4, 0.5) is 0 Å². The predicted octanol–water partition coefficient (Wildman–Crippen LogP) is 5.51. The third kappa shape index (κ3) is 2.87. The molecule has 3 aromatic rings. The van der Waals surface area contributed by atoms with Crippen LogP contribution in [0.1, 0.15) is 32.6 Å². The van der Waals surface area contributed by atoms with E-state index in [1.54, 1.807) is 6.07 Å². The van der Waals surface area contributed by atoms with Crippen molar-refractivity contribution >= 4 is 27.7 Å². The minimum Gasteiger partial charge on any atom is -0.276 e. The van der Waals surface area contributed by atoms with E-state index < -0.39 is 5.24 Å². The van der Waals surface area contributed by atoms with Crippen LogP contribution in [-0.4, -0.2) is 10.2 Å². The standard InChI is InChI=1S/C20H18ClNO/c1-11-5-6-13(3)15(8-11)18-10-17(20(21)23)16-9-12(2)7-14(4)19(16)22-18/h5-10H,1-4H3. The fourth-order valence-electron chi connectivity index (χ4n) is 2.99. The minimum absolute atomic E-state index is 0.450. The van der Waals surface area contributed by atoms with Gasteiger partial charge in [0.25, 0.3) is 5.24 Å². The molecule has 0 fully saturated rings.